The fourth-order valence-corrected chi connectivity index (χ4v) is 12.0. The molecule has 0 aromatic heterocycles. The van der Waals surface area contributed by atoms with Crippen molar-refractivity contribution < 1.29 is 80.2 Å². The fraction of sp³-hybridized carbons (Fsp3) is 0.694. The van der Waals surface area contributed by atoms with Crippen LogP contribution in [0.25, 0.3) is 0 Å². The number of phosphoric acid groups is 2. The summed E-state index contributed by atoms with van der Waals surface area (Å²) in [6.07, 6.45) is 85.7. The molecule has 0 heterocycles. The molecule has 0 aromatic rings. The summed E-state index contributed by atoms with van der Waals surface area (Å²) in [5.41, 5.74) is 0. The molecule has 0 radical (unpaired) electrons. The van der Waals surface area contributed by atoms with E-state index in [1.807, 2.05) is 0 Å². The molecule has 0 saturated heterocycles. The average molecular weight is 1500 g/mol. The zero-order valence-corrected chi connectivity index (χ0v) is 66.9. The van der Waals surface area contributed by atoms with Gasteiger partial charge in [-0.05, 0) is 154 Å². The molecule has 0 amide bonds. The van der Waals surface area contributed by atoms with E-state index in [1.54, 1.807) is 0 Å². The first-order chi connectivity index (χ1) is 50.7. The molecule has 5 unspecified atom stereocenters. The lowest BCUT2D eigenvalue weighted by molar-refractivity contribution is -0.161. The molecule has 596 valence electrons. The summed E-state index contributed by atoms with van der Waals surface area (Å²) in [4.78, 5) is 73.1. The minimum absolute atomic E-state index is 0.0678. The summed E-state index contributed by atoms with van der Waals surface area (Å²) in [5, 5.41) is 10.6. The van der Waals surface area contributed by atoms with Crippen LogP contribution in [0.4, 0.5) is 0 Å². The first-order valence-corrected chi connectivity index (χ1v) is 43.4. The molecule has 19 heteroatoms. The second-order valence-corrected chi connectivity index (χ2v) is 29.5. The van der Waals surface area contributed by atoms with Crippen molar-refractivity contribution in [2.24, 2.45) is 0 Å². The Hall–Kier alpha value is -4.80. The van der Waals surface area contributed by atoms with E-state index in [0.717, 1.165) is 205 Å². The van der Waals surface area contributed by atoms with E-state index in [1.165, 1.54) is 38.5 Å². The van der Waals surface area contributed by atoms with Crippen LogP contribution >= 0.6 is 15.6 Å². The molecule has 5 atom stereocenters. The van der Waals surface area contributed by atoms with Crippen LogP contribution in [0.1, 0.15) is 323 Å². The van der Waals surface area contributed by atoms with Gasteiger partial charge in [0.05, 0.1) is 26.4 Å². The largest absolute Gasteiger partial charge is 0.472 e. The third-order valence-electron chi connectivity index (χ3n) is 16.6. The maximum absolute atomic E-state index is 13.1. The van der Waals surface area contributed by atoms with Gasteiger partial charge in [-0.2, -0.15) is 0 Å². The molecule has 0 aromatic carbocycles. The van der Waals surface area contributed by atoms with Gasteiger partial charge in [0.25, 0.3) is 0 Å². The van der Waals surface area contributed by atoms with Crippen molar-refractivity contribution in [2.45, 2.75) is 341 Å². The van der Waals surface area contributed by atoms with E-state index < -0.39 is 97.5 Å². The quantitative estimate of drug-likeness (QED) is 0.0169. The zero-order valence-electron chi connectivity index (χ0n) is 65.2. The molecule has 3 N–H and O–H groups in total. The Morgan fingerprint density at radius 2 is 0.519 bits per heavy atom. The summed E-state index contributed by atoms with van der Waals surface area (Å²) >= 11 is 0. The number of carbonyl (C=O) groups is 4. The van der Waals surface area contributed by atoms with Crippen molar-refractivity contribution in [3.63, 3.8) is 0 Å². The molecule has 0 fully saturated rings. The van der Waals surface area contributed by atoms with Gasteiger partial charge in [0.2, 0.25) is 0 Å². The highest BCUT2D eigenvalue weighted by Gasteiger charge is 2.30. The summed E-state index contributed by atoms with van der Waals surface area (Å²) in [6, 6.07) is 0. The smallest absolute Gasteiger partial charge is 0.462 e. The second-order valence-electron chi connectivity index (χ2n) is 26.6. The predicted octanol–water partition coefficient (Wildman–Crippen LogP) is 23.7. The number of ether oxygens (including phenoxy) is 4. The van der Waals surface area contributed by atoms with Crippen LogP contribution in [-0.2, 0) is 65.4 Å². The fourth-order valence-electron chi connectivity index (χ4n) is 10.5. The second kappa shape index (κ2) is 76.4. The van der Waals surface area contributed by atoms with Gasteiger partial charge in [0, 0.05) is 25.7 Å². The molecule has 0 bridgehead atoms. The molecule has 17 nitrogen and oxygen atoms in total. The topological polar surface area (TPSA) is 237 Å². The number of allylic oxidation sites excluding steroid dienone is 22. The summed E-state index contributed by atoms with van der Waals surface area (Å²) in [5.74, 6) is -2.24. The molecule has 0 rings (SSSR count). The Bertz CT molecular complexity index is 2490. The Labute approximate surface area is 631 Å². The molecule has 0 saturated carbocycles. The lowest BCUT2D eigenvalue weighted by atomic mass is 10.1. The van der Waals surface area contributed by atoms with E-state index in [2.05, 4.69) is 161 Å². The molecule has 0 spiro atoms. The lowest BCUT2D eigenvalue weighted by Gasteiger charge is -2.21. The number of phosphoric ester groups is 2. The molecule has 0 aliphatic rings. The number of hydrogen-bond donors (Lipinski definition) is 3. The van der Waals surface area contributed by atoms with Crippen LogP contribution in [0.5, 0.6) is 0 Å². The number of aliphatic hydroxyl groups excluding tert-OH is 1. The van der Waals surface area contributed by atoms with Gasteiger partial charge in [-0.3, -0.25) is 37.3 Å². The Balaban J connectivity index is 5.39. The van der Waals surface area contributed by atoms with Crippen LogP contribution < -0.4 is 0 Å². The van der Waals surface area contributed by atoms with E-state index in [-0.39, 0.29) is 25.7 Å². The minimum atomic E-state index is -4.99. The van der Waals surface area contributed by atoms with Gasteiger partial charge >= 0.3 is 39.5 Å². The standard InChI is InChI=1S/C85H144O17P2/c1-5-9-13-17-21-25-29-33-36-38-39-41-44-47-50-54-58-62-66-70-83(88)95-75-80(101-84(89)71-67-63-59-55-51-45-32-28-24-20-16-12-8-4)77-99-103(91,92)97-73-79(86)74-98-104(93,94)100-78-81(102-85(90)72-68-64-60-56-52-48-42-35-31-27-23-19-15-11-7-3)76-96-82(87)69-65-61-57-53-49-46-43-40-37-34-30-26-22-18-14-10-6-2/h9-10,13-14,16,20-22,25-26,28,32-37,39,41-42,47,50,79-81,86H,5-8,11-12,15,17-19,23-24,27,29-31,38,40,43-46,48-49,51-78H2,1-4H3,(H,91,92)(H,93,94)/b13-9-,14-10-,20-16-,25-21-,26-22-,32-28-,36-33-,37-34-,41-39-,42-35-,50-47-. The lowest BCUT2D eigenvalue weighted by Crippen LogP contribution is -2.30. The average Bonchev–Trinajstić information content (AvgIpc) is 0.939. The number of esters is 4. The van der Waals surface area contributed by atoms with E-state index in [9.17, 15) is 43.2 Å². The van der Waals surface area contributed by atoms with Crippen molar-refractivity contribution in [1.82, 2.24) is 0 Å². The Kier molecular flexibility index (Phi) is 72.9. The van der Waals surface area contributed by atoms with Gasteiger partial charge in [0.15, 0.2) is 12.2 Å². The van der Waals surface area contributed by atoms with Gasteiger partial charge in [-0.25, -0.2) is 9.13 Å². The Morgan fingerprint density at radius 1 is 0.279 bits per heavy atom. The number of aliphatic hydroxyl groups is 1. The summed E-state index contributed by atoms with van der Waals surface area (Å²) in [6.45, 7) is 4.53. The maximum Gasteiger partial charge on any atom is 0.472 e. The number of hydrogen-bond acceptors (Lipinski definition) is 15. The van der Waals surface area contributed by atoms with Crippen LogP contribution in [0, 0.1) is 0 Å². The number of rotatable bonds is 75. The molecular weight excluding hydrogens is 1350 g/mol. The van der Waals surface area contributed by atoms with Gasteiger partial charge in [0.1, 0.15) is 19.3 Å². The first kappa shape index (κ1) is 99.2. The third-order valence-corrected chi connectivity index (χ3v) is 18.5. The van der Waals surface area contributed by atoms with E-state index >= 15 is 0 Å². The van der Waals surface area contributed by atoms with Crippen molar-refractivity contribution in [1.29, 1.82) is 0 Å². The molecule has 0 aliphatic carbocycles. The normalized spacial score (nSPS) is 14.6. The van der Waals surface area contributed by atoms with Gasteiger partial charge in [-0.1, -0.05) is 277 Å². The molecule has 0 aliphatic heterocycles. The van der Waals surface area contributed by atoms with Crippen molar-refractivity contribution >= 4 is 39.5 Å². The third kappa shape index (κ3) is 75.4. The zero-order chi connectivity index (χ0) is 76.0. The van der Waals surface area contributed by atoms with Crippen molar-refractivity contribution in [3.8, 4) is 0 Å². The van der Waals surface area contributed by atoms with Crippen LogP contribution in [0.3, 0.4) is 0 Å². The van der Waals surface area contributed by atoms with Gasteiger partial charge < -0.3 is 33.8 Å². The highest BCUT2D eigenvalue weighted by molar-refractivity contribution is 7.47. The van der Waals surface area contributed by atoms with E-state index in [0.29, 0.717) is 25.7 Å². The van der Waals surface area contributed by atoms with Crippen molar-refractivity contribution in [3.05, 3.63) is 134 Å². The highest BCUT2D eigenvalue weighted by atomic mass is 31.2. The van der Waals surface area contributed by atoms with Crippen LogP contribution in [0.15, 0.2) is 134 Å². The van der Waals surface area contributed by atoms with Crippen LogP contribution in [0.2, 0.25) is 0 Å². The maximum atomic E-state index is 13.1. The molecular formula is C85H144O17P2. The summed E-state index contributed by atoms with van der Waals surface area (Å²) in [7, 11) is -9.98. The predicted molar refractivity (Wildman–Crippen MR) is 427 cm³/mol. The summed E-state index contributed by atoms with van der Waals surface area (Å²) < 4.78 is 68.6. The molecule has 104 heavy (non-hydrogen) atoms. The number of carbonyl (C=O) groups excluding carboxylic acids is 4. The number of unbranched alkanes of at least 4 members (excludes halogenated alkanes) is 27. The van der Waals surface area contributed by atoms with E-state index in [4.69, 9.17) is 37.0 Å². The Morgan fingerprint density at radius 3 is 0.827 bits per heavy atom. The highest BCUT2D eigenvalue weighted by Crippen LogP contribution is 2.45. The van der Waals surface area contributed by atoms with Crippen molar-refractivity contribution in [2.75, 3.05) is 39.6 Å². The van der Waals surface area contributed by atoms with Crippen LogP contribution in [-0.4, -0.2) is 96.7 Å². The SMILES string of the molecule is CC/C=C\C/C=C\C/C=C\C/C=C\C/C=C\CCCCCC(=O)OCC(COP(=O)(O)OCC(O)COP(=O)(O)OCC(COC(=O)CCCCCCCCC/C=C\C/C=C\C/C=C\CC)OC(=O)CCCCCCC/C=C\CCCCCCCC)OC(=O)CCCCCCC/C=C\C/C=C\CCC. The monoisotopic (exact) mass is 1500 g/mol. The minimum Gasteiger partial charge on any atom is -0.462 e. The van der Waals surface area contributed by atoms with Gasteiger partial charge in [-0.15, -0.1) is 0 Å². The first-order valence-electron chi connectivity index (χ1n) is 40.4.